The van der Waals surface area contributed by atoms with Crippen LogP contribution in [-0.2, 0) is 18.3 Å². The van der Waals surface area contributed by atoms with Crippen LogP contribution in [0.15, 0.2) is 394 Å². The normalized spacial score (nSPS) is 12.0. The fourth-order valence-corrected chi connectivity index (χ4v) is 17.2. The number of fused-ring (bicyclic) bond motifs is 15. The summed E-state index contributed by atoms with van der Waals surface area (Å²) in [5, 5.41) is 16.6. The quantitative estimate of drug-likeness (QED) is 0.120. The van der Waals surface area contributed by atoms with Gasteiger partial charge in [-0.15, -0.1) is 0 Å². The first kappa shape index (κ1) is 73.4. The van der Waals surface area contributed by atoms with E-state index in [2.05, 4.69) is 243 Å². The van der Waals surface area contributed by atoms with Crippen molar-refractivity contribution in [3.63, 3.8) is 0 Å². The molecule has 2 N–H and O–H groups in total. The van der Waals surface area contributed by atoms with Crippen LogP contribution in [0.25, 0.3) is 121 Å². The summed E-state index contributed by atoms with van der Waals surface area (Å²) < 4.78 is 76.0. The summed E-state index contributed by atoms with van der Waals surface area (Å²) in [7, 11) is 0. The van der Waals surface area contributed by atoms with Gasteiger partial charge in [0.1, 0.15) is 29.1 Å². The number of aromatic nitrogens is 4. The number of hydrogen-bond donors (Lipinski definition) is 2. The van der Waals surface area contributed by atoms with Gasteiger partial charge >= 0.3 is 0 Å². The maximum atomic E-state index is 13.6. The predicted octanol–water partition coefficient (Wildman–Crippen LogP) is 28.8. The summed E-state index contributed by atoms with van der Waals surface area (Å²) in [5.74, 6) is -1.16. The van der Waals surface area contributed by atoms with Crippen molar-refractivity contribution in [3.8, 4) is 33.9 Å². The molecule has 0 aliphatic heterocycles. The summed E-state index contributed by atoms with van der Waals surface area (Å²) in [6.07, 6.45) is 1.61. The van der Waals surface area contributed by atoms with Gasteiger partial charge in [-0.05, 0) is 251 Å². The van der Waals surface area contributed by atoms with Gasteiger partial charge < -0.3 is 28.9 Å². The predicted molar refractivity (Wildman–Crippen MR) is 478 cm³/mol. The van der Waals surface area contributed by atoms with E-state index in [-0.39, 0.29) is 34.5 Å². The molecule has 0 bridgehead atoms. The summed E-state index contributed by atoms with van der Waals surface area (Å²) >= 11 is 0. The van der Waals surface area contributed by atoms with E-state index < -0.39 is 0 Å². The molecule has 0 radical (unpaired) electrons. The Morgan fingerprint density at radius 3 is 1.10 bits per heavy atom. The molecule has 0 atom stereocenters. The zero-order valence-electron chi connectivity index (χ0n) is 64.6. The molecule has 0 unspecified atom stereocenters. The Morgan fingerprint density at radius 2 is 0.585 bits per heavy atom. The van der Waals surface area contributed by atoms with Crippen LogP contribution in [-0.4, -0.2) is 18.3 Å². The topological polar surface area (TPSA) is 43.8 Å². The van der Waals surface area contributed by atoms with Crippen LogP contribution in [0, 0.1) is 29.1 Å². The van der Waals surface area contributed by atoms with Gasteiger partial charge in [-0.2, -0.15) is 0 Å². The SMILES string of the molecule is CC1(C)c2ccccc2-c2ccc(Nc3ccc4c(c3)c3ccccc3n4-c3ccc(F)cc3)cc21.Fc1ccc(-n2c3ccccc3c3ccc(Cc4ccccc4)cc32)cc1.Fc1ccc(-n2c3ccccc3c3cccc(Nc4ccccc4)c32)cc1.Fc1ccc(Cc2ccc3c4ccccc4n(-c4ccc(F)cc4)c3c2)cc1. The van der Waals surface area contributed by atoms with Crippen molar-refractivity contribution >= 4 is 110 Å². The van der Waals surface area contributed by atoms with Gasteiger partial charge in [0.25, 0.3) is 0 Å². The second-order valence-corrected chi connectivity index (χ2v) is 30.5. The second kappa shape index (κ2) is 31.2. The number of benzene rings is 17. The summed E-state index contributed by atoms with van der Waals surface area (Å²) in [5.41, 5.74) is 26.9. The van der Waals surface area contributed by atoms with E-state index in [4.69, 9.17) is 0 Å². The van der Waals surface area contributed by atoms with Crippen LogP contribution < -0.4 is 10.6 Å². The third-order valence-corrected chi connectivity index (χ3v) is 22.7. The van der Waals surface area contributed by atoms with E-state index in [9.17, 15) is 22.0 Å². The van der Waals surface area contributed by atoms with Crippen LogP contribution in [0.5, 0.6) is 0 Å². The molecule has 1 aliphatic carbocycles. The van der Waals surface area contributed by atoms with Crippen molar-refractivity contribution < 1.29 is 22.0 Å². The molecule has 1 aliphatic rings. The molecule has 21 aromatic rings. The summed E-state index contributed by atoms with van der Waals surface area (Å²) in [6, 6.07) is 128. The molecule has 0 fully saturated rings. The van der Waals surface area contributed by atoms with E-state index >= 15 is 0 Å². The monoisotopic (exact) mass is 1540 g/mol. The molecule has 4 aromatic heterocycles. The highest BCUT2D eigenvalue weighted by molar-refractivity contribution is 6.15. The zero-order chi connectivity index (χ0) is 80.0. The van der Waals surface area contributed by atoms with E-state index in [1.54, 1.807) is 12.1 Å². The number of halogens is 5. The first-order valence-corrected chi connectivity index (χ1v) is 39.6. The Morgan fingerprint density at radius 1 is 0.229 bits per heavy atom. The fourth-order valence-electron chi connectivity index (χ4n) is 17.2. The molecule has 0 saturated carbocycles. The Bertz CT molecular complexity index is 7290. The fraction of sp³-hybridized carbons (Fsp3) is 0.0467. The minimum absolute atomic E-state index is 0.0316. The molecule has 0 spiro atoms. The molecule has 4 heterocycles. The summed E-state index contributed by atoms with van der Waals surface area (Å²) in [6.45, 7) is 4.61. The lowest BCUT2D eigenvalue weighted by Gasteiger charge is -2.22. The van der Waals surface area contributed by atoms with Gasteiger partial charge in [0, 0.05) is 88.3 Å². The zero-order valence-corrected chi connectivity index (χ0v) is 64.6. The highest BCUT2D eigenvalue weighted by Gasteiger charge is 2.35. The lowest BCUT2D eigenvalue weighted by atomic mass is 9.82. The van der Waals surface area contributed by atoms with Gasteiger partial charge in [0.2, 0.25) is 0 Å². The van der Waals surface area contributed by atoms with Gasteiger partial charge in [-0.25, -0.2) is 22.0 Å². The minimum Gasteiger partial charge on any atom is -0.355 e. The number of hydrogen-bond acceptors (Lipinski definition) is 2. The number of nitrogens with one attached hydrogen (secondary N) is 2. The standard InChI is InChI=1S/C33H25FN2.C25H17F2N.C25H18FN.C24H17FN2/c1-33(2)29-9-5-3-7-25(29)26-17-13-23(20-30(26)33)35-22-14-18-32-28(19-22)27-8-4-6-10-31(27)36(32)24-15-11-21(34)12-16-24;26-19-8-5-17(6-9-19)15-18-7-14-23-22-3-1-2-4-24(22)28(25(23)16-18)21-12-10-20(27)11-13-21;26-20-11-13-21(14-12-20)27-24-9-5-4-8-22(24)23-15-10-19(17-25(23)27)16-18-6-2-1-3-7-18;25-17-13-15-19(16-14-17)27-23-12-5-4-9-20(23)21-10-6-11-22(24(21)27)26-18-7-2-1-3-8-18/h3-20,35H,1-2H3;1-14,16H,15H2;1-15,17H,16H2;1-16,26H. The van der Waals surface area contributed by atoms with Crippen LogP contribution in [0.1, 0.15) is 47.2 Å². The maximum absolute atomic E-state index is 13.6. The lowest BCUT2D eigenvalue weighted by Crippen LogP contribution is -2.15. The molecule has 570 valence electrons. The molecule has 118 heavy (non-hydrogen) atoms. The smallest absolute Gasteiger partial charge is 0.123 e. The van der Waals surface area contributed by atoms with Crippen LogP contribution in [0.3, 0.4) is 0 Å². The minimum atomic E-state index is -0.249. The second-order valence-electron chi connectivity index (χ2n) is 30.5. The average Bonchev–Trinajstić information content (AvgIpc) is 1.14. The third-order valence-electron chi connectivity index (χ3n) is 22.7. The number of nitrogens with zero attached hydrogens (tertiary/aromatic N) is 4. The molecule has 0 saturated heterocycles. The number of rotatable bonds is 12. The molecule has 22 rings (SSSR count). The third kappa shape index (κ3) is 14.1. The van der Waals surface area contributed by atoms with E-state index in [1.807, 2.05) is 121 Å². The van der Waals surface area contributed by atoms with E-state index in [0.29, 0.717) is 0 Å². The van der Waals surface area contributed by atoms with E-state index in [0.717, 1.165) is 135 Å². The van der Waals surface area contributed by atoms with Crippen molar-refractivity contribution in [2.24, 2.45) is 0 Å². The first-order valence-electron chi connectivity index (χ1n) is 39.6. The molecule has 11 heteroatoms. The Labute approximate surface area is 679 Å². The highest BCUT2D eigenvalue weighted by atomic mass is 19.1. The molecular formula is C107H77F5N6. The summed E-state index contributed by atoms with van der Waals surface area (Å²) in [4.78, 5) is 0. The van der Waals surface area contributed by atoms with Crippen LogP contribution >= 0.6 is 0 Å². The van der Waals surface area contributed by atoms with Gasteiger partial charge in [-0.1, -0.05) is 214 Å². The Balaban J connectivity index is 0.000000105. The van der Waals surface area contributed by atoms with Crippen molar-refractivity contribution in [3.05, 3.63) is 457 Å². The van der Waals surface area contributed by atoms with Gasteiger partial charge in [-0.3, -0.25) is 0 Å². The van der Waals surface area contributed by atoms with Gasteiger partial charge in [0.05, 0.1) is 49.8 Å². The average molecular weight is 1540 g/mol. The highest BCUT2D eigenvalue weighted by Crippen LogP contribution is 2.50. The number of anilines is 4. The van der Waals surface area contributed by atoms with E-state index in [1.165, 1.54) is 116 Å². The van der Waals surface area contributed by atoms with Crippen molar-refractivity contribution in [2.75, 3.05) is 10.6 Å². The molecule has 6 nitrogen and oxygen atoms in total. The van der Waals surface area contributed by atoms with Crippen molar-refractivity contribution in [2.45, 2.75) is 32.1 Å². The molecular weight excluding hydrogens is 1460 g/mol. The lowest BCUT2D eigenvalue weighted by molar-refractivity contribution is 0.627. The largest absolute Gasteiger partial charge is 0.355 e. The number of para-hydroxylation sites is 6. The van der Waals surface area contributed by atoms with Gasteiger partial charge in [0.15, 0.2) is 0 Å². The molecule has 0 amide bonds. The Kier molecular flexibility index (Phi) is 19.4. The van der Waals surface area contributed by atoms with Crippen molar-refractivity contribution in [1.29, 1.82) is 0 Å². The molecule has 17 aromatic carbocycles. The maximum Gasteiger partial charge on any atom is 0.123 e. The van der Waals surface area contributed by atoms with Crippen LogP contribution in [0.4, 0.5) is 44.7 Å². The Hall–Kier alpha value is -14.8. The van der Waals surface area contributed by atoms with Crippen molar-refractivity contribution in [1.82, 2.24) is 18.3 Å². The van der Waals surface area contributed by atoms with Crippen LogP contribution in [0.2, 0.25) is 0 Å². The first-order chi connectivity index (χ1) is 57.8.